The topological polar surface area (TPSA) is 61.4 Å². The van der Waals surface area contributed by atoms with Crippen molar-refractivity contribution in [1.82, 2.24) is 15.5 Å². The maximum Gasteiger partial charge on any atom is 0.227 e. The molecule has 0 spiro atoms. The fraction of sp³-hybridized carbons (Fsp3) is 0.846. The van der Waals surface area contributed by atoms with Gasteiger partial charge in [-0.25, -0.2) is 0 Å². The third kappa shape index (κ3) is 2.83. The lowest BCUT2D eigenvalue weighted by Crippen LogP contribution is -2.48. The molecule has 0 saturated carbocycles. The number of hydrogen-bond donors (Lipinski definition) is 2. The van der Waals surface area contributed by atoms with E-state index in [1.807, 2.05) is 18.7 Å². The van der Waals surface area contributed by atoms with E-state index in [1.54, 1.807) is 0 Å². The molecule has 2 aliphatic rings. The molecule has 0 bridgehead atoms. The normalized spacial score (nSPS) is 29.7. The first-order valence-corrected chi connectivity index (χ1v) is 6.81. The van der Waals surface area contributed by atoms with Crippen LogP contribution < -0.4 is 10.6 Å². The van der Waals surface area contributed by atoms with Crippen LogP contribution in [0.4, 0.5) is 0 Å². The molecule has 2 saturated heterocycles. The van der Waals surface area contributed by atoms with Crippen molar-refractivity contribution in [3.8, 4) is 0 Å². The molecule has 102 valence electrons. The molecule has 18 heavy (non-hydrogen) atoms. The Hall–Kier alpha value is -1.10. The molecule has 2 unspecified atom stereocenters. The third-order valence-corrected chi connectivity index (χ3v) is 3.96. The molecule has 2 rings (SSSR count). The molecule has 2 N–H and O–H groups in total. The van der Waals surface area contributed by atoms with Crippen molar-refractivity contribution in [2.45, 2.75) is 39.2 Å². The van der Waals surface area contributed by atoms with Gasteiger partial charge in [0, 0.05) is 32.1 Å². The maximum absolute atomic E-state index is 12.2. The number of rotatable bonds is 4. The molecule has 2 amide bonds. The van der Waals surface area contributed by atoms with Crippen LogP contribution in [0.1, 0.15) is 33.1 Å². The lowest BCUT2D eigenvalue weighted by atomic mass is 9.88. The van der Waals surface area contributed by atoms with E-state index in [0.29, 0.717) is 13.0 Å². The van der Waals surface area contributed by atoms with E-state index in [1.165, 1.54) is 0 Å². The van der Waals surface area contributed by atoms with Crippen molar-refractivity contribution in [3.63, 3.8) is 0 Å². The molecule has 0 aliphatic carbocycles. The summed E-state index contributed by atoms with van der Waals surface area (Å²) in [6.07, 6.45) is 2.48. The Labute approximate surface area is 108 Å². The van der Waals surface area contributed by atoms with Crippen LogP contribution in [-0.2, 0) is 9.59 Å². The van der Waals surface area contributed by atoms with Gasteiger partial charge in [0.25, 0.3) is 0 Å². The number of likely N-dealkylation sites (tertiary alicyclic amines) is 1. The number of carbonyl (C=O) groups excluding carboxylic acids is 2. The summed E-state index contributed by atoms with van der Waals surface area (Å²) in [7, 11) is 0. The summed E-state index contributed by atoms with van der Waals surface area (Å²) >= 11 is 0. The zero-order valence-corrected chi connectivity index (χ0v) is 11.3. The van der Waals surface area contributed by atoms with Crippen LogP contribution in [0.3, 0.4) is 0 Å². The molecule has 2 fully saturated rings. The predicted molar refractivity (Wildman–Crippen MR) is 69.0 cm³/mol. The van der Waals surface area contributed by atoms with E-state index in [9.17, 15) is 9.59 Å². The van der Waals surface area contributed by atoms with Crippen molar-refractivity contribution in [2.24, 2.45) is 5.41 Å². The Bertz CT molecular complexity index is 337. The van der Waals surface area contributed by atoms with Gasteiger partial charge in [-0.3, -0.25) is 9.59 Å². The van der Waals surface area contributed by atoms with Gasteiger partial charge in [-0.1, -0.05) is 0 Å². The van der Waals surface area contributed by atoms with E-state index in [4.69, 9.17) is 0 Å². The Morgan fingerprint density at radius 3 is 2.94 bits per heavy atom. The van der Waals surface area contributed by atoms with Crippen LogP contribution in [0.2, 0.25) is 0 Å². The molecule has 2 atom stereocenters. The van der Waals surface area contributed by atoms with E-state index >= 15 is 0 Å². The highest BCUT2D eigenvalue weighted by Gasteiger charge is 2.37. The van der Waals surface area contributed by atoms with Gasteiger partial charge in [0.2, 0.25) is 11.8 Å². The number of carbonyl (C=O) groups is 2. The third-order valence-electron chi connectivity index (χ3n) is 3.96. The highest BCUT2D eigenvalue weighted by molar-refractivity contribution is 5.83. The van der Waals surface area contributed by atoms with Gasteiger partial charge in [0.15, 0.2) is 0 Å². The molecule has 0 aromatic carbocycles. The number of amides is 2. The first kappa shape index (κ1) is 13.3. The predicted octanol–water partition coefficient (Wildman–Crippen LogP) is 0.113. The van der Waals surface area contributed by atoms with Crippen LogP contribution in [0.25, 0.3) is 0 Å². The molecule has 0 aromatic rings. The van der Waals surface area contributed by atoms with Gasteiger partial charge < -0.3 is 15.5 Å². The molecule has 0 radical (unpaired) electrons. The Morgan fingerprint density at radius 2 is 2.39 bits per heavy atom. The van der Waals surface area contributed by atoms with E-state index in [2.05, 4.69) is 10.6 Å². The van der Waals surface area contributed by atoms with Crippen LogP contribution >= 0.6 is 0 Å². The monoisotopic (exact) mass is 253 g/mol. The summed E-state index contributed by atoms with van der Waals surface area (Å²) in [4.78, 5) is 25.5. The Morgan fingerprint density at radius 1 is 1.61 bits per heavy atom. The molecular weight excluding hydrogens is 230 g/mol. The first-order valence-electron chi connectivity index (χ1n) is 6.81. The van der Waals surface area contributed by atoms with Crippen molar-refractivity contribution in [2.75, 3.05) is 26.2 Å². The van der Waals surface area contributed by atoms with Crippen LogP contribution in [-0.4, -0.2) is 48.9 Å². The number of nitrogens with one attached hydrogen (secondary N) is 2. The molecular formula is C13H23N3O2. The Balaban J connectivity index is 1.81. The maximum atomic E-state index is 12.2. The summed E-state index contributed by atoms with van der Waals surface area (Å²) < 4.78 is 0. The number of nitrogens with zero attached hydrogens (tertiary/aromatic N) is 1. The largest absolute Gasteiger partial charge is 0.351 e. The average Bonchev–Trinajstić information content (AvgIpc) is 2.90. The summed E-state index contributed by atoms with van der Waals surface area (Å²) in [6.45, 7) is 7.08. The zero-order valence-electron chi connectivity index (χ0n) is 11.3. The van der Waals surface area contributed by atoms with Crippen molar-refractivity contribution < 1.29 is 9.59 Å². The van der Waals surface area contributed by atoms with Crippen LogP contribution in [0.15, 0.2) is 0 Å². The van der Waals surface area contributed by atoms with Gasteiger partial charge >= 0.3 is 0 Å². The fourth-order valence-electron chi connectivity index (χ4n) is 2.68. The van der Waals surface area contributed by atoms with Crippen LogP contribution in [0, 0.1) is 5.41 Å². The summed E-state index contributed by atoms with van der Waals surface area (Å²) in [5.41, 5.74) is -0.288. The van der Waals surface area contributed by atoms with Crippen LogP contribution in [0.5, 0.6) is 0 Å². The molecule has 5 heteroatoms. The highest BCUT2D eigenvalue weighted by Crippen LogP contribution is 2.24. The van der Waals surface area contributed by atoms with Crippen molar-refractivity contribution in [1.29, 1.82) is 0 Å². The first-order chi connectivity index (χ1) is 8.51. The second-order valence-electron chi connectivity index (χ2n) is 5.81. The smallest absolute Gasteiger partial charge is 0.227 e. The summed E-state index contributed by atoms with van der Waals surface area (Å²) in [6, 6.07) is 0.0250. The Kier molecular flexibility index (Phi) is 3.90. The summed E-state index contributed by atoms with van der Waals surface area (Å²) in [5, 5.41) is 6.26. The van der Waals surface area contributed by atoms with Crippen molar-refractivity contribution >= 4 is 11.8 Å². The molecule has 2 aliphatic heterocycles. The SMILES string of the molecule is CC(CN1CCCC1=O)NC(=O)C1(C)CCNC1. The van der Waals surface area contributed by atoms with Crippen molar-refractivity contribution in [3.05, 3.63) is 0 Å². The minimum Gasteiger partial charge on any atom is -0.351 e. The van der Waals surface area contributed by atoms with E-state index in [-0.39, 0.29) is 23.3 Å². The molecule has 5 nitrogen and oxygen atoms in total. The standard InChI is InChI=1S/C13H23N3O2/c1-10(8-16-7-3-4-11(16)17)15-12(18)13(2)5-6-14-9-13/h10,14H,3-9H2,1-2H3,(H,15,18). The lowest BCUT2D eigenvalue weighted by molar-refractivity contribution is -0.132. The molecule has 0 aromatic heterocycles. The zero-order chi connectivity index (χ0) is 13.2. The highest BCUT2D eigenvalue weighted by atomic mass is 16.2. The lowest BCUT2D eigenvalue weighted by Gasteiger charge is -2.27. The second kappa shape index (κ2) is 5.26. The van der Waals surface area contributed by atoms with Gasteiger partial charge in [-0.05, 0) is 33.2 Å². The van der Waals surface area contributed by atoms with Gasteiger partial charge in [-0.2, -0.15) is 0 Å². The fourth-order valence-corrected chi connectivity index (χ4v) is 2.68. The van der Waals surface area contributed by atoms with E-state index in [0.717, 1.165) is 32.5 Å². The van der Waals surface area contributed by atoms with Gasteiger partial charge in [-0.15, -0.1) is 0 Å². The quantitative estimate of drug-likeness (QED) is 0.748. The molecule has 2 heterocycles. The van der Waals surface area contributed by atoms with E-state index < -0.39 is 0 Å². The van der Waals surface area contributed by atoms with Gasteiger partial charge in [0.05, 0.1) is 5.41 Å². The minimum absolute atomic E-state index is 0.0250. The minimum atomic E-state index is -0.288. The second-order valence-corrected chi connectivity index (χ2v) is 5.81. The summed E-state index contributed by atoms with van der Waals surface area (Å²) in [5.74, 6) is 0.316. The average molecular weight is 253 g/mol. The number of hydrogen-bond acceptors (Lipinski definition) is 3. The van der Waals surface area contributed by atoms with Gasteiger partial charge in [0.1, 0.15) is 0 Å².